The van der Waals surface area contributed by atoms with Crippen LogP contribution >= 0.6 is 11.3 Å². The summed E-state index contributed by atoms with van der Waals surface area (Å²) in [5.74, 6) is -0.316. The quantitative estimate of drug-likeness (QED) is 0.695. The van der Waals surface area contributed by atoms with E-state index in [-0.39, 0.29) is 18.2 Å². The normalized spacial score (nSPS) is 15.1. The van der Waals surface area contributed by atoms with E-state index in [1.54, 1.807) is 11.3 Å². The van der Waals surface area contributed by atoms with E-state index in [0.29, 0.717) is 5.56 Å². The van der Waals surface area contributed by atoms with Crippen LogP contribution in [0, 0.1) is 0 Å². The second-order valence-corrected chi connectivity index (χ2v) is 10.1. The summed E-state index contributed by atoms with van der Waals surface area (Å²) in [4.78, 5) is 19.0. The molecule has 144 valence electrons. The molecule has 1 aliphatic carbocycles. The number of fused-ring (bicyclic) bond motifs is 2. The minimum Gasteiger partial charge on any atom is -0.351 e. The summed E-state index contributed by atoms with van der Waals surface area (Å²) in [6, 6.07) is 11.7. The number of aromatic nitrogens is 1. The Morgan fingerprint density at radius 1 is 1.21 bits per heavy atom. The summed E-state index contributed by atoms with van der Waals surface area (Å²) >= 11 is 1.67. The molecule has 1 amide bonds. The van der Waals surface area contributed by atoms with Crippen LogP contribution in [0.4, 0.5) is 0 Å². The second-order valence-electron chi connectivity index (χ2n) is 6.90. The number of benzene rings is 1. The summed E-state index contributed by atoms with van der Waals surface area (Å²) in [7, 11) is -3.13. The minimum absolute atomic E-state index is 0.0759. The Bertz CT molecular complexity index is 1180. The van der Waals surface area contributed by atoms with Gasteiger partial charge in [0.15, 0.2) is 0 Å². The lowest BCUT2D eigenvalue weighted by Gasteiger charge is -2.13. The fourth-order valence-electron chi connectivity index (χ4n) is 3.52. The molecule has 0 saturated carbocycles. The topological polar surface area (TPSA) is 76.1 Å². The van der Waals surface area contributed by atoms with Crippen LogP contribution in [0.3, 0.4) is 0 Å². The average Bonchev–Trinajstić information content (AvgIpc) is 3.29. The molecular weight excluding hydrogens is 392 g/mol. The summed E-state index contributed by atoms with van der Waals surface area (Å²) in [5, 5.41) is 5.61. The lowest BCUT2D eigenvalue weighted by Crippen LogP contribution is -2.29. The highest BCUT2D eigenvalue weighted by atomic mass is 32.2. The Morgan fingerprint density at radius 3 is 2.79 bits per heavy atom. The van der Waals surface area contributed by atoms with Gasteiger partial charge in [0, 0.05) is 23.1 Å². The third-order valence-electron chi connectivity index (χ3n) is 4.79. The van der Waals surface area contributed by atoms with Crippen molar-refractivity contribution >= 4 is 49.6 Å². The molecule has 4 rings (SSSR count). The maximum Gasteiger partial charge on any atom is 0.252 e. The maximum absolute atomic E-state index is 13.0. The highest BCUT2D eigenvalue weighted by Gasteiger charge is 2.26. The maximum atomic E-state index is 13.0. The van der Waals surface area contributed by atoms with Crippen molar-refractivity contribution in [3.8, 4) is 0 Å². The Balaban J connectivity index is 1.77. The number of nitrogens with zero attached hydrogens (tertiary/aromatic N) is 1. The van der Waals surface area contributed by atoms with E-state index in [4.69, 9.17) is 4.98 Å². The van der Waals surface area contributed by atoms with Crippen molar-refractivity contribution in [3.63, 3.8) is 0 Å². The van der Waals surface area contributed by atoms with E-state index in [2.05, 4.69) is 17.5 Å². The second kappa shape index (κ2) is 7.48. The summed E-state index contributed by atoms with van der Waals surface area (Å²) in [5.41, 5.74) is 4.34. The molecule has 1 N–H and O–H groups in total. The summed E-state index contributed by atoms with van der Waals surface area (Å²) < 4.78 is 22.8. The van der Waals surface area contributed by atoms with Gasteiger partial charge in [0.25, 0.3) is 5.91 Å². The molecular formula is C21H20N2O3S2. The van der Waals surface area contributed by atoms with Crippen LogP contribution in [0.15, 0.2) is 41.8 Å². The van der Waals surface area contributed by atoms with Crippen LogP contribution in [0.2, 0.25) is 0 Å². The van der Waals surface area contributed by atoms with Gasteiger partial charge in [0.05, 0.1) is 22.5 Å². The smallest absolute Gasteiger partial charge is 0.252 e. The molecule has 0 spiro atoms. The predicted molar refractivity (Wildman–Crippen MR) is 114 cm³/mol. The molecule has 2 aromatic heterocycles. The number of nitrogens with one attached hydrogen (secondary N) is 1. The number of sulfone groups is 1. The molecule has 0 fully saturated rings. The third kappa shape index (κ3) is 3.86. The molecule has 0 saturated heterocycles. The molecule has 1 aromatic carbocycles. The minimum atomic E-state index is -3.13. The zero-order valence-electron chi connectivity index (χ0n) is 15.4. The number of carbonyl (C=O) groups excluding carboxylic acids is 1. The Kier molecular flexibility index (Phi) is 5.03. The van der Waals surface area contributed by atoms with Gasteiger partial charge in [-0.3, -0.25) is 4.79 Å². The average molecular weight is 413 g/mol. The fraction of sp³-hybridized carbons (Fsp3) is 0.238. The van der Waals surface area contributed by atoms with Crippen molar-refractivity contribution in [2.75, 3.05) is 18.6 Å². The van der Waals surface area contributed by atoms with Crippen LogP contribution in [-0.4, -0.2) is 37.9 Å². The number of allylic oxidation sites excluding steroid dienone is 1. The van der Waals surface area contributed by atoms with E-state index >= 15 is 0 Å². The van der Waals surface area contributed by atoms with Crippen molar-refractivity contribution < 1.29 is 13.2 Å². The van der Waals surface area contributed by atoms with Gasteiger partial charge in [0.2, 0.25) is 0 Å². The molecule has 0 bridgehead atoms. The first-order valence-electron chi connectivity index (χ1n) is 9.04. The van der Waals surface area contributed by atoms with E-state index in [1.165, 1.54) is 6.26 Å². The van der Waals surface area contributed by atoms with Crippen molar-refractivity contribution in [2.45, 2.75) is 12.8 Å². The molecule has 0 unspecified atom stereocenters. The molecule has 5 nitrogen and oxygen atoms in total. The SMILES string of the molecule is CS(=O)(=O)CCNC(=O)c1c2c(nc3ccccc13)/C(=C\c1cccs1)CC2. The lowest BCUT2D eigenvalue weighted by molar-refractivity contribution is 0.0957. The number of para-hydroxylation sites is 1. The van der Waals surface area contributed by atoms with Crippen molar-refractivity contribution in [3.05, 3.63) is 63.5 Å². The van der Waals surface area contributed by atoms with E-state index < -0.39 is 9.84 Å². The summed E-state index contributed by atoms with van der Waals surface area (Å²) in [6.07, 6.45) is 4.89. The van der Waals surface area contributed by atoms with Gasteiger partial charge < -0.3 is 5.32 Å². The van der Waals surface area contributed by atoms with E-state index in [0.717, 1.165) is 45.5 Å². The van der Waals surface area contributed by atoms with E-state index in [1.807, 2.05) is 35.7 Å². The zero-order chi connectivity index (χ0) is 19.7. The zero-order valence-corrected chi connectivity index (χ0v) is 17.1. The number of pyridine rings is 1. The van der Waals surface area contributed by atoms with Crippen molar-refractivity contribution in [1.29, 1.82) is 0 Å². The number of amides is 1. The molecule has 2 heterocycles. The summed E-state index contributed by atoms with van der Waals surface area (Å²) in [6.45, 7) is 0.0982. The molecule has 28 heavy (non-hydrogen) atoms. The monoisotopic (exact) mass is 412 g/mol. The standard InChI is InChI=1S/C21H20N2O3S2/c1-28(25,26)12-10-22-21(24)19-16-6-2-3-7-18(16)23-20-14(8-9-17(19)20)13-15-5-4-11-27-15/h2-7,11,13H,8-10,12H2,1H3,(H,22,24)/b14-13-. The number of hydrogen-bond donors (Lipinski definition) is 1. The highest BCUT2D eigenvalue weighted by molar-refractivity contribution is 7.90. The van der Waals surface area contributed by atoms with Crippen LogP contribution in [0.1, 0.15) is 32.9 Å². The first-order chi connectivity index (χ1) is 13.4. The van der Waals surface area contributed by atoms with Gasteiger partial charge in [-0.25, -0.2) is 13.4 Å². The third-order valence-corrected chi connectivity index (χ3v) is 6.55. The Hall–Kier alpha value is -2.51. The van der Waals surface area contributed by atoms with E-state index in [9.17, 15) is 13.2 Å². The van der Waals surface area contributed by atoms with Gasteiger partial charge in [-0.1, -0.05) is 24.3 Å². The number of rotatable bonds is 5. The molecule has 0 atom stereocenters. The van der Waals surface area contributed by atoms with Crippen molar-refractivity contribution in [1.82, 2.24) is 10.3 Å². The van der Waals surface area contributed by atoms with Crippen LogP contribution in [0.25, 0.3) is 22.6 Å². The number of thiophene rings is 1. The number of carbonyl (C=O) groups is 1. The van der Waals surface area contributed by atoms with Crippen LogP contribution in [0.5, 0.6) is 0 Å². The number of hydrogen-bond acceptors (Lipinski definition) is 5. The molecule has 0 aliphatic heterocycles. The molecule has 7 heteroatoms. The van der Waals surface area contributed by atoms with Crippen LogP contribution < -0.4 is 5.32 Å². The first-order valence-corrected chi connectivity index (χ1v) is 12.0. The predicted octanol–water partition coefficient (Wildman–Crippen LogP) is 3.56. The van der Waals surface area contributed by atoms with Gasteiger partial charge in [0.1, 0.15) is 9.84 Å². The molecule has 0 radical (unpaired) electrons. The fourth-order valence-corrected chi connectivity index (χ4v) is 4.68. The van der Waals surface area contributed by atoms with Crippen LogP contribution in [-0.2, 0) is 16.3 Å². The largest absolute Gasteiger partial charge is 0.351 e. The Morgan fingerprint density at radius 2 is 2.04 bits per heavy atom. The van der Waals surface area contributed by atoms with Gasteiger partial charge >= 0.3 is 0 Å². The Labute approximate surface area is 168 Å². The molecule has 1 aliphatic rings. The lowest BCUT2D eigenvalue weighted by atomic mass is 10.00. The first kappa shape index (κ1) is 18.8. The van der Waals surface area contributed by atoms with Crippen molar-refractivity contribution in [2.24, 2.45) is 0 Å². The highest BCUT2D eigenvalue weighted by Crippen LogP contribution is 2.37. The molecule has 3 aromatic rings. The van der Waals surface area contributed by atoms with Gasteiger partial charge in [-0.05, 0) is 47.6 Å². The van der Waals surface area contributed by atoms with Gasteiger partial charge in [-0.2, -0.15) is 0 Å². The van der Waals surface area contributed by atoms with Gasteiger partial charge in [-0.15, -0.1) is 11.3 Å².